The van der Waals surface area contributed by atoms with E-state index >= 15 is 0 Å². The molecule has 1 fully saturated rings. The van der Waals surface area contributed by atoms with Crippen LogP contribution in [0.15, 0.2) is 12.1 Å². The van der Waals surface area contributed by atoms with Crippen molar-refractivity contribution >= 4 is 17.3 Å². The van der Waals surface area contributed by atoms with Gasteiger partial charge < -0.3 is 5.32 Å². The molecular formula is C14H18ClN. The molecule has 0 saturated heterocycles. The molecule has 1 N–H and O–H groups in total. The Kier molecular flexibility index (Phi) is 2.59. The molecule has 2 unspecified atom stereocenters. The van der Waals surface area contributed by atoms with Crippen molar-refractivity contribution in [3.05, 3.63) is 28.3 Å². The summed E-state index contributed by atoms with van der Waals surface area (Å²) in [6.07, 6.45) is 5.55. The summed E-state index contributed by atoms with van der Waals surface area (Å²) >= 11 is 6.18. The molecule has 0 spiro atoms. The molecule has 2 heteroatoms. The molecule has 0 bridgehead atoms. The summed E-state index contributed by atoms with van der Waals surface area (Å²) in [5, 5.41) is 4.48. The number of fused-ring (bicyclic) bond motifs is 3. The maximum Gasteiger partial charge on any atom is 0.0455 e. The van der Waals surface area contributed by atoms with Gasteiger partial charge in [-0.15, -0.1) is 0 Å². The maximum absolute atomic E-state index is 6.18. The fourth-order valence-corrected chi connectivity index (χ4v) is 3.50. The first kappa shape index (κ1) is 10.5. The molecule has 1 aliphatic carbocycles. The Morgan fingerprint density at radius 1 is 1.25 bits per heavy atom. The van der Waals surface area contributed by atoms with Crippen molar-refractivity contribution in [3.8, 4) is 0 Å². The van der Waals surface area contributed by atoms with E-state index < -0.39 is 0 Å². The molecule has 0 radical (unpaired) electrons. The first-order valence-electron chi connectivity index (χ1n) is 6.30. The van der Waals surface area contributed by atoms with Gasteiger partial charge in [0.05, 0.1) is 0 Å². The van der Waals surface area contributed by atoms with Crippen LogP contribution in [-0.2, 0) is 0 Å². The number of benzene rings is 1. The molecular weight excluding hydrogens is 218 g/mol. The van der Waals surface area contributed by atoms with E-state index in [1.54, 1.807) is 0 Å². The van der Waals surface area contributed by atoms with Gasteiger partial charge in [0, 0.05) is 17.3 Å². The molecule has 1 saturated carbocycles. The Bertz CT molecular complexity index is 413. The van der Waals surface area contributed by atoms with Gasteiger partial charge in [-0.3, -0.25) is 0 Å². The summed E-state index contributed by atoms with van der Waals surface area (Å²) in [5.74, 6) is 1.63. The highest BCUT2D eigenvalue weighted by Gasteiger charge is 2.32. The highest BCUT2D eigenvalue weighted by atomic mass is 35.5. The van der Waals surface area contributed by atoms with Crippen LogP contribution in [-0.4, -0.2) is 6.54 Å². The molecule has 86 valence electrons. The number of anilines is 1. The molecule has 2 aliphatic rings. The Balaban J connectivity index is 2.05. The topological polar surface area (TPSA) is 12.0 Å². The fourth-order valence-electron chi connectivity index (χ4n) is 3.35. The van der Waals surface area contributed by atoms with Crippen molar-refractivity contribution in [2.75, 3.05) is 11.9 Å². The number of hydrogen-bond acceptors (Lipinski definition) is 1. The highest BCUT2D eigenvalue weighted by molar-refractivity contribution is 6.31. The zero-order chi connectivity index (χ0) is 11.1. The van der Waals surface area contributed by atoms with Gasteiger partial charge in [0.15, 0.2) is 0 Å². The van der Waals surface area contributed by atoms with Crippen molar-refractivity contribution in [2.45, 2.75) is 38.5 Å². The van der Waals surface area contributed by atoms with Crippen molar-refractivity contribution in [1.29, 1.82) is 0 Å². The fraction of sp³-hybridized carbons (Fsp3) is 0.571. The number of nitrogens with one attached hydrogen (secondary N) is 1. The van der Waals surface area contributed by atoms with Crippen LogP contribution in [0.2, 0.25) is 5.02 Å². The average molecular weight is 236 g/mol. The minimum absolute atomic E-state index is 0.779. The van der Waals surface area contributed by atoms with Gasteiger partial charge in [-0.25, -0.2) is 0 Å². The van der Waals surface area contributed by atoms with Gasteiger partial charge >= 0.3 is 0 Å². The summed E-state index contributed by atoms with van der Waals surface area (Å²) < 4.78 is 0. The minimum Gasteiger partial charge on any atom is -0.384 e. The molecule has 0 aromatic heterocycles. The van der Waals surface area contributed by atoms with Gasteiger partial charge in [0.25, 0.3) is 0 Å². The van der Waals surface area contributed by atoms with Gasteiger partial charge in [-0.05, 0) is 48.8 Å². The molecule has 1 aliphatic heterocycles. The van der Waals surface area contributed by atoms with Crippen molar-refractivity contribution in [2.24, 2.45) is 5.92 Å². The molecule has 2 atom stereocenters. The second-order valence-corrected chi connectivity index (χ2v) is 5.58. The number of halogens is 1. The lowest BCUT2D eigenvalue weighted by atomic mass is 9.72. The lowest BCUT2D eigenvalue weighted by Gasteiger charge is -2.38. The van der Waals surface area contributed by atoms with Crippen LogP contribution in [0.4, 0.5) is 5.69 Å². The van der Waals surface area contributed by atoms with E-state index in [4.69, 9.17) is 11.6 Å². The van der Waals surface area contributed by atoms with Crippen LogP contribution in [0.1, 0.15) is 42.7 Å². The second-order valence-electron chi connectivity index (χ2n) is 5.17. The van der Waals surface area contributed by atoms with Crippen LogP contribution < -0.4 is 5.32 Å². The summed E-state index contributed by atoms with van der Waals surface area (Å²) in [4.78, 5) is 0. The van der Waals surface area contributed by atoms with E-state index in [9.17, 15) is 0 Å². The molecule has 1 nitrogen and oxygen atoms in total. The first-order valence-corrected chi connectivity index (χ1v) is 6.68. The second kappa shape index (κ2) is 3.96. The van der Waals surface area contributed by atoms with Crippen molar-refractivity contribution < 1.29 is 0 Å². The van der Waals surface area contributed by atoms with E-state index in [0.717, 1.165) is 23.4 Å². The molecule has 1 heterocycles. The minimum atomic E-state index is 0.779. The summed E-state index contributed by atoms with van der Waals surface area (Å²) in [6.45, 7) is 3.26. The third-order valence-electron chi connectivity index (χ3n) is 4.28. The first-order chi connectivity index (χ1) is 7.77. The third-order valence-corrected chi connectivity index (χ3v) is 4.69. The van der Waals surface area contributed by atoms with E-state index in [1.807, 2.05) is 0 Å². The zero-order valence-corrected chi connectivity index (χ0v) is 10.5. The van der Waals surface area contributed by atoms with Crippen molar-refractivity contribution in [3.63, 3.8) is 0 Å². The third kappa shape index (κ3) is 1.53. The quantitative estimate of drug-likeness (QED) is 0.705. The van der Waals surface area contributed by atoms with E-state index in [2.05, 4.69) is 24.4 Å². The highest BCUT2D eigenvalue weighted by Crippen LogP contribution is 2.45. The number of rotatable bonds is 0. The Labute approximate surface area is 102 Å². The SMILES string of the molecule is Cc1c(Cl)ccc2c1NCC1CCCCC21. The Morgan fingerprint density at radius 2 is 2.06 bits per heavy atom. The van der Waals surface area contributed by atoms with Crippen LogP contribution >= 0.6 is 11.6 Å². The van der Waals surface area contributed by atoms with Gasteiger partial charge in [-0.1, -0.05) is 30.5 Å². The predicted octanol–water partition coefficient (Wildman–Crippen LogP) is 4.35. The normalized spacial score (nSPS) is 27.9. The van der Waals surface area contributed by atoms with Gasteiger partial charge in [-0.2, -0.15) is 0 Å². The zero-order valence-electron chi connectivity index (χ0n) is 9.72. The lowest BCUT2D eigenvalue weighted by Crippen LogP contribution is -2.30. The van der Waals surface area contributed by atoms with E-state index in [1.165, 1.54) is 42.5 Å². The lowest BCUT2D eigenvalue weighted by molar-refractivity contribution is 0.313. The smallest absolute Gasteiger partial charge is 0.0455 e. The summed E-state index contributed by atoms with van der Waals surface area (Å²) in [7, 11) is 0. The van der Waals surface area contributed by atoms with Crippen LogP contribution in [0.25, 0.3) is 0 Å². The summed E-state index contributed by atoms with van der Waals surface area (Å²) in [6, 6.07) is 4.30. The van der Waals surface area contributed by atoms with Crippen LogP contribution in [0.3, 0.4) is 0 Å². The maximum atomic E-state index is 6.18. The predicted molar refractivity (Wildman–Crippen MR) is 69.4 cm³/mol. The van der Waals surface area contributed by atoms with E-state index in [0.29, 0.717) is 0 Å². The van der Waals surface area contributed by atoms with Gasteiger partial charge in [0.2, 0.25) is 0 Å². The van der Waals surface area contributed by atoms with E-state index in [-0.39, 0.29) is 0 Å². The monoisotopic (exact) mass is 235 g/mol. The van der Waals surface area contributed by atoms with Crippen molar-refractivity contribution in [1.82, 2.24) is 0 Å². The Hall–Kier alpha value is -0.690. The molecule has 1 aromatic carbocycles. The summed E-state index contributed by atoms with van der Waals surface area (Å²) in [5.41, 5.74) is 4.05. The largest absolute Gasteiger partial charge is 0.384 e. The standard InChI is InChI=1S/C14H18ClN/c1-9-13(15)7-6-12-11-5-3-2-4-10(11)8-16-14(9)12/h6-7,10-11,16H,2-5,8H2,1H3. The molecule has 3 rings (SSSR count). The number of hydrogen-bond donors (Lipinski definition) is 1. The van der Waals surface area contributed by atoms with Gasteiger partial charge in [0.1, 0.15) is 0 Å². The van der Waals surface area contributed by atoms with Crippen LogP contribution in [0, 0.1) is 12.8 Å². The Morgan fingerprint density at radius 3 is 2.94 bits per heavy atom. The average Bonchev–Trinajstić information content (AvgIpc) is 2.33. The van der Waals surface area contributed by atoms with Crippen LogP contribution in [0.5, 0.6) is 0 Å². The molecule has 16 heavy (non-hydrogen) atoms. The molecule has 1 aromatic rings. The molecule has 0 amide bonds.